The van der Waals surface area contributed by atoms with Gasteiger partial charge in [0.25, 0.3) is 0 Å². The number of rotatable bonds is 4. The number of ether oxygens (including phenoxy) is 1. The fraction of sp³-hybridized carbons (Fsp3) is 0.833. The number of alkyl halides is 1. The van der Waals surface area contributed by atoms with E-state index in [2.05, 4.69) is 5.32 Å². The fourth-order valence-electron chi connectivity index (χ4n) is 0.759. The lowest BCUT2D eigenvalue weighted by Crippen LogP contribution is -2.45. The molecule has 68 valence electrons. The summed E-state index contributed by atoms with van der Waals surface area (Å²) in [5.41, 5.74) is -0.122. The minimum Gasteiger partial charge on any atom is -0.439 e. The van der Waals surface area contributed by atoms with Gasteiger partial charge in [-0.1, -0.05) is 12.6 Å². The highest BCUT2D eigenvalue weighted by Crippen LogP contribution is 2.12. The van der Waals surface area contributed by atoms with Gasteiger partial charge in [0.15, 0.2) is 0 Å². The first-order valence-electron chi connectivity index (χ1n) is 4.09. The largest absolute Gasteiger partial charge is 0.439 e. The van der Waals surface area contributed by atoms with Gasteiger partial charge in [0.1, 0.15) is 20.3 Å². The van der Waals surface area contributed by atoms with Crippen molar-refractivity contribution in [3.05, 3.63) is 0 Å². The summed E-state index contributed by atoms with van der Waals surface area (Å²) in [6, 6.07) is 0. The van der Waals surface area contributed by atoms with Crippen LogP contribution in [0.3, 0.4) is 0 Å². The summed E-state index contributed by atoms with van der Waals surface area (Å²) in [6.45, 7) is 2.02. The van der Waals surface area contributed by atoms with Crippen LogP contribution >= 0.6 is 22.6 Å². The van der Waals surface area contributed by atoms with Crippen LogP contribution in [-0.2, 0) is 4.74 Å². The monoisotopic (exact) mass is 281 g/mol. The molecule has 0 rings (SSSR count). The Kier molecular flexibility index (Phi) is 5.78. The Labute approximate surface area is 89.0 Å². The zero-order valence-electron chi connectivity index (χ0n) is 7.82. The van der Waals surface area contributed by atoms with Gasteiger partial charge in [0.05, 0.1) is 0 Å². The van der Waals surface area contributed by atoms with Gasteiger partial charge in [0.2, 0.25) is 0 Å². The standard InChI is InChI=1S/C6H14B2INO2/c1-6(2-7,3-8)10-5(11)12-4-9/h2-4,7-8H2,1H3,(H,10,11). The van der Waals surface area contributed by atoms with Crippen molar-refractivity contribution in [3.63, 3.8) is 0 Å². The van der Waals surface area contributed by atoms with Gasteiger partial charge >= 0.3 is 6.09 Å². The maximum Gasteiger partial charge on any atom is 0.408 e. The second-order valence-electron chi connectivity index (χ2n) is 2.93. The molecule has 0 aromatic rings. The number of alkyl carbamates (subject to hydrolysis) is 1. The third-order valence-corrected chi connectivity index (χ3v) is 2.46. The van der Waals surface area contributed by atoms with E-state index in [1.807, 2.05) is 45.2 Å². The Bertz CT molecular complexity index is 152. The molecular weight excluding hydrogens is 267 g/mol. The minimum atomic E-state index is -0.324. The van der Waals surface area contributed by atoms with Gasteiger partial charge in [-0.2, -0.15) is 0 Å². The molecule has 0 radical (unpaired) electrons. The lowest BCUT2D eigenvalue weighted by atomic mass is 9.76. The molecule has 6 heteroatoms. The Morgan fingerprint density at radius 2 is 2.08 bits per heavy atom. The first-order valence-corrected chi connectivity index (χ1v) is 5.61. The minimum absolute atomic E-state index is 0.122. The van der Waals surface area contributed by atoms with Crippen molar-refractivity contribution in [2.75, 3.05) is 4.61 Å². The van der Waals surface area contributed by atoms with E-state index < -0.39 is 0 Å². The topological polar surface area (TPSA) is 38.3 Å². The summed E-state index contributed by atoms with van der Waals surface area (Å²) in [6.07, 6.45) is 1.51. The Balaban J connectivity index is 3.93. The van der Waals surface area contributed by atoms with Gasteiger partial charge in [-0.3, -0.25) is 0 Å². The second kappa shape index (κ2) is 5.72. The van der Waals surface area contributed by atoms with Gasteiger partial charge in [-0.15, -0.1) is 0 Å². The number of amides is 1. The summed E-state index contributed by atoms with van der Waals surface area (Å²) in [7, 11) is 4.10. The first-order chi connectivity index (χ1) is 5.58. The number of nitrogens with one attached hydrogen (secondary N) is 1. The van der Waals surface area contributed by atoms with Gasteiger partial charge in [-0.05, 0) is 29.5 Å². The normalized spacial score (nSPS) is 10.8. The van der Waals surface area contributed by atoms with Crippen LogP contribution in [0.2, 0.25) is 12.6 Å². The average Bonchev–Trinajstić information content (AvgIpc) is 2.05. The molecule has 12 heavy (non-hydrogen) atoms. The molecule has 0 aliphatic carbocycles. The molecular formula is C6H14B2INO2. The molecule has 0 aromatic carbocycles. The van der Waals surface area contributed by atoms with E-state index >= 15 is 0 Å². The van der Waals surface area contributed by atoms with Gasteiger partial charge in [-0.25, -0.2) is 4.79 Å². The highest BCUT2D eigenvalue weighted by Gasteiger charge is 2.21. The molecule has 3 nitrogen and oxygen atoms in total. The molecule has 0 aliphatic rings. The molecule has 0 heterocycles. The number of hydrogen-bond donors (Lipinski definition) is 1. The van der Waals surface area contributed by atoms with Crippen LogP contribution in [-0.4, -0.2) is 31.9 Å². The zero-order chi connectivity index (χ0) is 9.61. The zero-order valence-corrected chi connectivity index (χ0v) is 9.97. The molecule has 0 bridgehead atoms. The highest BCUT2D eigenvalue weighted by atomic mass is 127. The molecule has 0 fully saturated rings. The van der Waals surface area contributed by atoms with Crippen molar-refractivity contribution in [1.82, 2.24) is 5.32 Å². The van der Waals surface area contributed by atoms with Crippen LogP contribution in [0.25, 0.3) is 0 Å². The number of hydrogen-bond acceptors (Lipinski definition) is 2. The van der Waals surface area contributed by atoms with Crippen LogP contribution < -0.4 is 5.32 Å². The summed E-state index contributed by atoms with van der Waals surface area (Å²) >= 11 is 2.00. The predicted octanol–water partition coefficient (Wildman–Crippen LogP) is -0.0334. The van der Waals surface area contributed by atoms with Crippen LogP contribution in [0.5, 0.6) is 0 Å². The highest BCUT2D eigenvalue weighted by molar-refractivity contribution is 14.1. The summed E-state index contributed by atoms with van der Waals surface area (Å²) < 4.78 is 5.17. The second-order valence-corrected chi connectivity index (χ2v) is 3.56. The first kappa shape index (κ1) is 12.1. The Morgan fingerprint density at radius 3 is 2.42 bits per heavy atom. The Morgan fingerprint density at radius 1 is 1.58 bits per heavy atom. The van der Waals surface area contributed by atoms with E-state index in [9.17, 15) is 4.79 Å². The van der Waals surface area contributed by atoms with E-state index in [0.29, 0.717) is 4.61 Å². The van der Waals surface area contributed by atoms with Crippen molar-refractivity contribution in [2.24, 2.45) is 0 Å². The van der Waals surface area contributed by atoms with Crippen LogP contribution in [0.15, 0.2) is 0 Å². The van der Waals surface area contributed by atoms with E-state index in [0.717, 1.165) is 12.6 Å². The summed E-state index contributed by atoms with van der Waals surface area (Å²) in [4.78, 5) is 11.0. The lowest BCUT2D eigenvalue weighted by molar-refractivity contribution is 0.159. The molecule has 0 aliphatic heterocycles. The molecule has 0 saturated heterocycles. The molecule has 0 unspecified atom stereocenters. The molecule has 1 amide bonds. The van der Waals surface area contributed by atoms with Crippen molar-refractivity contribution >= 4 is 44.4 Å². The fourth-order valence-corrected chi connectivity index (χ4v) is 1.04. The SMILES string of the molecule is BCC(C)(CB)NC(=O)OCI. The van der Waals surface area contributed by atoms with Crippen molar-refractivity contribution < 1.29 is 9.53 Å². The van der Waals surface area contributed by atoms with Crippen molar-refractivity contribution in [3.8, 4) is 0 Å². The maximum absolute atomic E-state index is 11.0. The van der Waals surface area contributed by atoms with Gasteiger partial charge < -0.3 is 10.1 Å². The third kappa shape index (κ3) is 4.23. The third-order valence-electron chi connectivity index (χ3n) is 2.15. The molecule has 0 atom stereocenters. The number of halogens is 1. The Hall–Kier alpha value is 0.130. The van der Waals surface area contributed by atoms with E-state index in [4.69, 9.17) is 4.74 Å². The average molecular weight is 281 g/mol. The van der Waals surface area contributed by atoms with Crippen LogP contribution in [0.4, 0.5) is 4.79 Å². The van der Waals surface area contributed by atoms with E-state index in [1.54, 1.807) is 0 Å². The maximum atomic E-state index is 11.0. The molecule has 0 saturated carbocycles. The van der Waals surface area contributed by atoms with E-state index in [1.165, 1.54) is 0 Å². The quantitative estimate of drug-likeness (QED) is 0.446. The summed E-state index contributed by atoms with van der Waals surface area (Å²) in [5.74, 6) is 0. The van der Waals surface area contributed by atoms with E-state index in [-0.39, 0.29) is 11.6 Å². The van der Waals surface area contributed by atoms with Gasteiger partial charge in [0, 0.05) is 5.54 Å². The predicted molar refractivity (Wildman–Crippen MR) is 63.6 cm³/mol. The van der Waals surface area contributed by atoms with Crippen molar-refractivity contribution in [1.29, 1.82) is 0 Å². The van der Waals surface area contributed by atoms with Crippen LogP contribution in [0, 0.1) is 0 Å². The molecule has 1 N–H and O–H groups in total. The molecule has 0 spiro atoms. The smallest absolute Gasteiger partial charge is 0.408 e. The molecule has 0 aromatic heterocycles. The van der Waals surface area contributed by atoms with Crippen molar-refractivity contribution in [2.45, 2.75) is 25.1 Å². The summed E-state index contributed by atoms with van der Waals surface area (Å²) in [5, 5.41) is 2.83. The lowest BCUT2D eigenvalue weighted by Gasteiger charge is -2.27. The number of carbonyl (C=O) groups is 1. The van der Waals surface area contributed by atoms with Crippen LogP contribution in [0.1, 0.15) is 6.92 Å². The number of carbonyl (C=O) groups excluding carboxylic acids is 1.